The number of benzene rings is 1. The fraction of sp³-hybridized carbons (Fsp3) is 0.571. The number of rotatable bonds is 4. The Morgan fingerprint density at radius 3 is 2.67 bits per heavy atom. The van der Waals surface area contributed by atoms with Crippen molar-refractivity contribution in [3.63, 3.8) is 0 Å². The van der Waals surface area contributed by atoms with Crippen LogP contribution in [-0.2, 0) is 10.0 Å². The van der Waals surface area contributed by atoms with E-state index in [9.17, 15) is 8.42 Å². The first-order valence-corrected chi connectivity index (χ1v) is 9.05. The van der Waals surface area contributed by atoms with E-state index >= 15 is 0 Å². The van der Waals surface area contributed by atoms with Gasteiger partial charge in [0.15, 0.2) is 0 Å². The van der Waals surface area contributed by atoms with E-state index in [0.717, 1.165) is 19.5 Å². The number of hydrogen-bond donors (Lipinski definition) is 2. The van der Waals surface area contributed by atoms with Crippen LogP contribution in [0.2, 0.25) is 5.02 Å². The first-order valence-electron chi connectivity index (χ1n) is 7.19. The summed E-state index contributed by atoms with van der Waals surface area (Å²) in [4.78, 5) is 2.56. The maximum atomic E-state index is 12.5. The van der Waals surface area contributed by atoms with Gasteiger partial charge in [-0.25, -0.2) is 13.1 Å². The Bertz CT molecular complexity index is 635. The van der Waals surface area contributed by atoms with Crippen LogP contribution < -0.4 is 10.5 Å². The highest BCUT2D eigenvalue weighted by Crippen LogP contribution is 2.31. The monoisotopic (exact) mass is 329 g/mol. The van der Waals surface area contributed by atoms with Crippen LogP contribution in [0.15, 0.2) is 17.0 Å². The number of likely N-dealkylation sites (tertiary alicyclic amines) is 1. The zero-order chi connectivity index (χ0) is 15.2. The van der Waals surface area contributed by atoms with Gasteiger partial charge in [0.25, 0.3) is 0 Å². The van der Waals surface area contributed by atoms with Gasteiger partial charge in [0.1, 0.15) is 0 Å². The van der Waals surface area contributed by atoms with Crippen LogP contribution in [0.4, 0.5) is 5.69 Å². The van der Waals surface area contributed by atoms with Crippen LogP contribution in [0.5, 0.6) is 0 Å². The number of nitrogen functional groups attached to an aromatic ring is 1. The molecule has 1 aliphatic heterocycles. The average Bonchev–Trinajstić information content (AvgIpc) is 3.16. The Labute approximate surface area is 130 Å². The predicted molar refractivity (Wildman–Crippen MR) is 83.9 cm³/mol. The van der Waals surface area contributed by atoms with Crippen molar-refractivity contribution >= 4 is 27.3 Å². The quantitative estimate of drug-likeness (QED) is 0.825. The summed E-state index contributed by atoms with van der Waals surface area (Å²) in [5.41, 5.74) is 6.73. The maximum absolute atomic E-state index is 12.5. The Morgan fingerprint density at radius 2 is 2.05 bits per heavy atom. The number of sulfonamides is 1. The smallest absolute Gasteiger partial charge is 0.240 e. The van der Waals surface area contributed by atoms with Gasteiger partial charge in [-0.1, -0.05) is 11.6 Å². The van der Waals surface area contributed by atoms with Crippen molar-refractivity contribution in [3.05, 3.63) is 22.7 Å². The second-order valence-corrected chi connectivity index (χ2v) is 8.07. The summed E-state index contributed by atoms with van der Waals surface area (Å²) >= 11 is 5.98. The first kappa shape index (κ1) is 15.1. The van der Waals surface area contributed by atoms with Gasteiger partial charge in [0.2, 0.25) is 10.0 Å². The van der Waals surface area contributed by atoms with Crippen molar-refractivity contribution in [3.8, 4) is 0 Å². The molecule has 2 aliphatic rings. The lowest BCUT2D eigenvalue weighted by Gasteiger charge is -2.16. The largest absolute Gasteiger partial charge is 0.397 e. The molecule has 1 saturated carbocycles. The molecule has 1 saturated heterocycles. The lowest BCUT2D eigenvalue weighted by molar-refractivity contribution is 0.322. The molecule has 1 heterocycles. The summed E-state index contributed by atoms with van der Waals surface area (Å²) in [6.07, 6.45) is 3.34. The van der Waals surface area contributed by atoms with Gasteiger partial charge < -0.3 is 5.73 Å². The minimum Gasteiger partial charge on any atom is -0.397 e. The fourth-order valence-corrected chi connectivity index (χ4v) is 4.35. The molecular formula is C14H20ClN3O2S. The number of hydrogen-bond acceptors (Lipinski definition) is 4. The molecule has 1 unspecified atom stereocenters. The van der Waals surface area contributed by atoms with E-state index in [0.29, 0.717) is 22.3 Å². The molecule has 0 bridgehead atoms. The third kappa shape index (κ3) is 3.18. The van der Waals surface area contributed by atoms with Gasteiger partial charge in [-0.15, -0.1) is 0 Å². The molecule has 1 aromatic carbocycles. The molecule has 3 N–H and O–H groups in total. The maximum Gasteiger partial charge on any atom is 0.240 e. The number of nitrogens with one attached hydrogen (secondary N) is 1. The molecule has 116 valence electrons. The lowest BCUT2D eigenvalue weighted by Crippen LogP contribution is -2.37. The summed E-state index contributed by atoms with van der Waals surface area (Å²) in [5, 5.41) is 0.412. The van der Waals surface area contributed by atoms with Gasteiger partial charge in [-0.05, 0) is 43.9 Å². The summed E-state index contributed by atoms with van der Waals surface area (Å²) in [6.45, 7) is 3.52. The van der Waals surface area contributed by atoms with Crippen LogP contribution in [0.25, 0.3) is 0 Å². The van der Waals surface area contributed by atoms with Crippen molar-refractivity contribution in [2.75, 3.05) is 18.8 Å². The van der Waals surface area contributed by atoms with Crippen molar-refractivity contribution < 1.29 is 8.42 Å². The molecule has 3 rings (SSSR count). The molecule has 21 heavy (non-hydrogen) atoms. The van der Waals surface area contributed by atoms with Gasteiger partial charge in [-0.3, -0.25) is 4.90 Å². The second-order valence-electron chi connectivity index (χ2n) is 5.98. The highest BCUT2D eigenvalue weighted by Gasteiger charge is 2.35. The molecule has 1 aliphatic carbocycles. The number of nitrogens with zero attached hydrogens (tertiary/aromatic N) is 1. The molecular weight excluding hydrogens is 310 g/mol. The minimum absolute atomic E-state index is 0.0205. The molecule has 7 heteroatoms. The van der Waals surface area contributed by atoms with Gasteiger partial charge in [0.05, 0.1) is 15.6 Å². The van der Waals surface area contributed by atoms with Crippen LogP contribution >= 0.6 is 11.6 Å². The second kappa shape index (κ2) is 5.43. The molecule has 2 fully saturated rings. The average molecular weight is 330 g/mol. The van der Waals surface area contributed by atoms with Crippen LogP contribution in [-0.4, -0.2) is 38.5 Å². The highest BCUT2D eigenvalue weighted by molar-refractivity contribution is 7.89. The fourth-order valence-electron chi connectivity index (χ4n) is 2.86. The van der Waals surface area contributed by atoms with E-state index in [4.69, 9.17) is 17.3 Å². The lowest BCUT2D eigenvalue weighted by atomic mass is 10.2. The van der Waals surface area contributed by atoms with E-state index in [1.54, 1.807) is 13.0 Å². The molecule has 1 atom stereocenters. The van der Waals surface area contributed by atoms with E-state index in [1.165, 1.54) is 18.9 Å². The molecule has 0 amide bonds. The molecule has 1 aromatic rings. The van der Waals surface area contributed by atoms with E-state index in [1.807, 2.05) is 0 Å². The van der Waals surface area contributed by atoms with Crippen molar-refractivity contribution in [1.29, 1.82) is 0 Å². The van der Waals surface area contributed by atoms with Gasteiger partial charge >= 0.3 is 0 Å². The molecule has 0 spiro atoms. The standard InChI is InChI=1S/C14H20ClN3O2S/c1-9-6-12(7-13(16)14(9)15)21(19,20)17-10-4-5-18(8-10)11-2-3-11/h6-7,10-11,17H,2-5,8,16H2,1H3. The first-order chi connectivity index (χ1) is 9.87. The predicted octanol–water partition coefficient (Wildman–Crippen LogP) is 1.75. The third-order valence-electron chi connectivity index (χ3n) is 4.17. The number of anilines is 1. The zero-order valence-corrected chi connectivity index (χ0v) is 13.5. The summed E-state index contributed by atoms with van der Waals surface area (Å²) in [7, 11) is -3.55. The zero-order valence-electron chi connectivity index (χ0n) is 12.0. The molecule has 0 radical (unpaired) electrons. The van der Waals surface area contributed by atoms with Crippen molar-refractivity contribution in [2.45, 2.75) is 43.2 Å². The highest BCUT2D eigenvalue weighted by atomic mass is 35.5. The normalized spacial score (nSPS) is 23.6. The van der Waals surface area contributed by atoms with Crippen LogP contribution in [0, 0.1) is 6.92 Å². The topological polar surface area (TPSA) is 75.4 Å². The summed E-state index contributed by atoms with van der Waals surface area (Å²) in [5.74, 6) is 0. The van der Waals surface area contributed by atoms with Gasteiger partial charge in [-0.2, -0.15) is 0 Å². The number of nitrogens with two attached hydrogens (primary N) is 1. The minimum atomic E-state index is -3.55. The Balaban J connectivity index is 1.75. The van der Waals surface area contributed by atoms with E-state index in [2.05, 4.69) is 9.62 Å². The number of aryl methyl sites for hydroxylation is 1. The Kier molecular flexibility index (Phi) is 3.90. The van der Waals surface area contributed by atoms with Gasteiger partial charge in [0, 0.05) is 25.2 Å². The van der Waals surface area contributed by atoms with Crippen molar-refractivity contribution in [2.24, 2.45) is 0 Å². The van der Waals surface area contributed by atoms with Crippen molar-refractivity contribution in [1.82, 2.24) is 9.62 Å². The summed E-state index contributed by atoms with van der Waals surface area (Å²) < 4.78 is 27.7. The molecule has 0 aromatic heterocycles. The Hall–Kier alpha value is -0.820. The van der Waals surface area contributed by atoms with E-state index in [-0.39, 0.29) is 10.9 Å². The Morgan fingerprint density at radius 1 is 1.33 bits per heavy atom. The van der Waals surface area contributed by atoms with Crippen LogP contribution in [0.3, 0.4) is 0 Å². The molecule has 5 nitrogen and oxygen atoms in total. The summed E-state index contributed by atoms with van der Waals surface area (Å²) in [6, 6.07) is 3.64. The van der Waals surface area contributed by atoms with E-state index < -0.39 is 10.0 Å². The SMILES string of the molecule is Cc1cc(S(=O)(=O)NC2CCN(C3CC3)C2)cc(N)c1Cl. The number of halogens is 1. The van der Waals surface area contributed by atoms with Crippen LogP contribution in [0.1, 0.15) is 24.8 Å². The third-order valence-corrected chi connectivity index (χ3v) is 6.19.